The minimum absolute atomic E-state index is 0.107. The molecule has 2 aromatic rings. The number of ether oxygens (including phenoxy) is 1. The molecule has 0 aromatic heterocycles. The third-order valence-electron chi connectivity index (χ3n) is 2.85. The zero-order valence-electron chi connectivity index (χ0n) is 11.4. The molecule has 2 aromatic carbocycles. The first-order valence-corrected chi connectivity index (χ1v) is 6.42. The van der Waals surface area contributed by atoms with Gasteiger partial charge in [0.2, 0.25) is 5.91 Å². The lowest BCUT2D eigenvalue weighted by molar-refractivity contribution is -0.116. The molecular formula is C17H17NO2. The van der Waals surface area contributed by atoms with Crippen molar-refractivity contribution in [2.24, 2.45) is 0 Å². The molecule has 0 atom stereocenters. The summed E-state index contributed by atoms with van der Waals surface area (Å²) in [6.07, 6.45) is 3.31. The molecule has 0 heterocycles. The first-order valence-electron chi connectivity index (χ1n) is 6.42. The molecule has 0 radical (unpaired) electrons. The number of rotatable bonds is 5. The summed E-state index contributed by atoms with van der Waals surface area (Å²) in [5.74, 6) is 0.695. The van der Waals surface area contributed by atoms with Gasteiger partial charge in [-0.15, -0.1) is 0 Å². The van der Waals surface area contributed by atoms with Gasteiger partial charge in [0.25, 0.3) is 0 Å². The summed E-state index contributed by atoms with van der Waals surface area (Å²) >= 11 is 0. The molecule has 0 bridgehead atoms. The van der Waals surface area contributed by atoms with Gasteiger partial charge in [-0.25, -0.2) is 0 Å². The lowest BCUT2D eigenvalue weighted by atomic mass is 10.2. The highest BCUT2D eigenvalue weighted by molar-refractivity contribution is 5.91. The standard InChI is InChI=1S/C17H17NO2/c1-20-16-10-7-14(8-11-16)9-12-17(19)18-13-15-5-3-2-4-6-15/h2-12H,13H2,1H3,(H,18,19). The van der Waals surface area contributed by atoms with Crippen LogP contribution < -0.4 is 10.1 Å². The fourth-order valence-electron chi connectivity index (χ4n) is 1.73. The monoisotopic (exact) mass is 267 g/mol. The van der Waals surface area contributed by atoms with Crippen molar-refractivity contribution in [3.63, 3.8) is 0 Å². The van der Waals surface area contributed by atoms with E-state index in [1.807, 2.05) is 54.6 Å². The van der Waals surface area contributed by atoms with Gasteiger partial charge in [0, 0.05) is 12.6 Å². The first-order chi connectivity index (χ1) is 9.78. The van der Waals surface area contributed by atoms with E-state index in [0.717, 1.165) is 16.9 Å². The fourth-order valence-corrected chi connectivity index (χ4v) is 1.73. The quantitative estimate of drug-likeness (QED) is 0.846. The summed E-state index contributed by atoms with van der Waals surface area (Å²) < 4.78 is 5.08. The number of benzene rings is 2. The SMILES string of the molecule is COc1ccc(C=CC(=O)NCc2ccccc2)cc1. The molecule has 3 heteroatoms. The van der Waals surface area contributed by atoms with Crippen molar-refractivity contribution >= 4 is 12.0 Å². The molecule has 0 aliphatic rings. The van der Waals surface area contributed by atoms with Crippen LogP contribution in [0.5, 0.6) is 5.75 Å². The van der Waals surface area contributed by atoms with E-state index < -0.39 is 0 Å². The van der Waals surface area contributed by atoms with Gasteiger partial charge in [0.05, 0.1) is 7.11 Å². The van der Waals surface area contributed by atoms with E-state index in [4.69, 9.17) is 4.74 Å². The largest absolute Gasteiger partial charge is 0.497 e. The predicted octanol–water partition coefficient (Wildman–Crippen LogP) is 3.02. The van der Waals surface area contributed by atoms with Crippen LogP contribution in [0, 0.1) is 0 Å². The zero-order chi connectivity index (χ0) is 14.2. The highest BCUT2D eigenvalue weighted by Crippen LogP contribution is 2.12. The molecule has 0 aliphatic carbocycles. The molecule has 0 saturated carbocycles. The topological polar surface area (TPSA) is 38.3 Å². The Balaban J connectivity index is 1.85. The van der Waals surface area contributed by atoms with Crippen LogP contribution >= 0.6 is 0 Å². The highest BCUT2D eigenvalue weighted by atomic mass is 16.5. The molecule has 1 N–H and O–H groups in total. The number of hydrogen-bond donors (Lipinski definition) is 1. The van der Waals surface area contributed by atoms with Crippen LogP contribution in [-0.4, -0.2) is 13.0 Å². The van der Waals surface area contributed by atoms with Crippen LogP contribution in [0.2, 0.25) is 0 Å². The molecule has 0 fully saturated rings. The van der Waals surface area contributed by atoms with Gasteiger partial charge in [-0.1, -0.05) is 42.5 Å². The summed E-state index contributed by atoms with van der Waals surface area (Å²) in [6.45, 7) is 0.534. The third-order valence-corrected chi connectivity index (χ3v) is 2.85. The molecule has 0 saturated heterocycles. The molecular weight excluding hydrogens is 250 g/mol. The van der Waals surface area contributed by atoms with E-state index in [9.17, 15) is 4.79 Å². The van der Waals surface area contributed by atoms with Crippen molar-refractivity contribution in [3.8, 4) is 5.75 Å². The molecule has 3 nitrogen and oxygen atoms in total. The van der Waals surface area contributed by atoms with Crippen molar-refractivity contribution in [1.82, 2.24) is 5.32 Å². The summed E-state index contributed by atoms with van der Waals surface area (Å²) in [5, 5.41) is 2.84. The Bertz CT molecular complexity index is 574. The summed E-state index contributed by atoms with van der Waals surface area (Å²) in [5.41, 5.74) is 2.04. The normalized spacial score (nSPS) is 10.4. The molecule has 1 amide bonds. The van der Waals surface area contributed by atoms with Crippen molar-refractivity contribution in [1.29, 1.82) is 0 Å². The maximum absolute atomic E-state index is 11.7. The Hall–Kier alpha value is -2.55. The molecule has 0 unspecified atom stereocenters. The number of carbonyl (C=O) groups is 1. The Morgan fingerprint density at radius 3 is 2.45 bits per heavy atom. The van der Waals surface area contributed by atoms with Crippen molar-refractivity contribution in [2.75, 3.05) is 7.11 Å². The molecule has 0 spiro atoms. The van der Waals surface area contributed by atoms with Gasteiger partial charge < -0.3 is 10.1 Å². The summed E-state index contributed by atoms with van der Waals surface area (Å²) in [7, 11) is 1.63. The van der Waals surface area contributed by atoms with Gasteiger partial charge in [-0.3, -0.25) is 4.79 Å². The average Bonchev–Trinajstić information content (AvgIpc) is 2.52. The Labute approximate surface area is 118 Å². The van der Waals surface area contributed by atoms with E-state index in [2.05, 4.69) is 5.32 Å². The van der Waals surface area contributed by atoms with Crippen molar-refractivity contribution in [2.45, 2.75) is 6.54 Å². The first kappa shape index (κ1) is 13.9. The Morgan fingerprint density at radius 2 is 1.80 bits per heavy atom. The molecule has 102 valence electrons. The van der Waals surface area contributed by atoms with Gasteiger partial charge in [0.1, 0.15) is 5.75 Å². The van der Waals surface area contributed by atoms with E-state index in [-0.39, 0.29) is 5.91 Å². The van der Waals surface area contributed by atoms with E-state index in [1.165, 1.54) is 6.08 Å². The lowest BCUT2D eigenvalue weighted by Crippen LogP contribution is -2.20. The second-order valence-electron chi connectivity index (χ2n) is 4.31. The minimum atomic E-state index is -0.107. The number of methoxy groups -OCH3 is 1. The van der Waals surface area contributed by atoms with Crippen LogP contribution in [-0.2, 0) is 11.3 Å². The Morgan fingerprint density at radius 1 is 1.10 bits per heavy atom. The number of amides is 1. The second kappa shape index (κ2) is 7.14. The fraction of sp³-hybridized carbons (Fsp3) is 0.118. The molecule has 2 rings (SSSR count). The van der Waals surface area contributed by atoms with Crippen LogP contribution in [0.15, 0.2) is 60.7 Å². The van der Waals surface area contributed by atoms with Crippen LogP contribution in [0.1, 0.15) is 11.1 Å². The second-order valence-corrected chi connectivity index (χ2v) is 4.31. The molecule has 0 aliphatic heterocycles. The number of carbonyl (C=O) groups excluding carboxylic acids is 1. The van der Waals surface area contributed by atoms with Gasteiger partial charge in [-0.2, -0.15) is 0 Å². The number of nitrogens with one attached hydrogen (secondary N) is 1. The van der Waals surface area contributed by atoms with E-state index >= 15 is 0 Å². The predicted molar refractivity (Wildman–Crippen MR) is 80.3 cm³/mol. The third kappa shape index (κ3) is 4.28. The lowest BCUT2D eigenvalue weighted by Gasteiger charge is -2.02. The summed E-state index contributed by atoms with van der Waals surface area (Å²) in [6, 6.07) is 17.3. The zero-order valence-corrected chi connectivity index (χ0v) is 11.4. The van der Waals surface area contributed by atoms with Crippen LogP contribution in [0.4, 0.5) is 0 Å². The Kier molecular flexibility index (Phi) is 4.95. The summed E-state index contributed by atoms with van der Waals surface area (Å²) in [4.78, 5) is 11.7. The van der Waals surface area contributed by atoms with E-state index in [0.29, 0.717) is 6.54 Å². The van der Waals surface area contributed by atoms with Gasteiger partial charge >= 0.3 is 0 Å². The highest BCUT2D eigenvalue weighted by Gasteiger charge is 1.96. The smallest absolute Gasteiger partial charge is 0.244 e. The van der Waals surface area contributed by atoms with E-state index in [1.54, 1.807) is 13.2 Å². The van der Waals surface area contributed by atoms with Crippen molar-refractivity contribution < 1.29 is 9.53 Å². The number of hydrogen-bond acceptors (Lipinski definition) is 2. The van der Waals surface area contributed by atoms with Gasteiger partial charge in [-0.05, 0) is 29.3 Å². The van der Waals surface area contributed by atoms with Crippen molar-refractivity contribution in [3.05, 3.63) is 71.8 Å². The average molecular weight is 267 g/mol. The minimum Gasteiger partial charge on any atom is -0.497 e. The van der Waals surface area contributed by atoms with Crippen LogP contribution in [0.25, 0.3) is 6.08 Å². The molecule has 20 heavy (non-hydrogen) atoms. The van der Waals surface area contributed by atoms with Gasteiger partial charge in [0.15, 0.2) is 0 Å². The maximum Gasteiger partial charge on any atom is 0.244 e. The maximum atomic E-state index is 11.7. The van der Waals surface area contributed by atoms with Crippen LogP contribution in [0.3, 0.4) is 0 Å².